The first-order valence-electron chi connectivity index (χ1n) is 9.39. The smallest absolute Gasteiger partial charge is 0.338 e. The molecule has 1 amide bonds. The van der Waals surface area contributed by atoms with Crippen LogP contribution >= 0.6 is 0 Å². The van der Waals surface area contributed by atoms with E-state index in [1.807, 2.05) is 12.1 Å². The fourth-order valence-corrected chi connectivity index (χ4v) is 2.58. The lowest BCUT2D eigenvalue weighted by atomic mass is 10.1. The quantitative estimate of drug-likeness (QED) is 0.596. The summed E-state index contributed by atoms with van der Waals surface area (Å²) in [6.45, 7) is 1.61. The third kappa shape index (κ3) is 7.12. The zero-order valence-corrected chi connectivity index (χ0v) is 17.2. The molecular formula is C22H25NO7. The van der Waals surface area contributed by atoms with Gasteiger partial charge in [-0.3, -0.25) is 9.59 Å². The molecule has 1 N–H and O–H groups in total. The number of hydrogen-bond donors (Lipinski definition) is 1. The van der Waals surface area contributed by atoms with Crippen LogP contribution in [0.4, 0.5) is 5.69 Å². The van der Waals surface area contributed by atoms with Gasteiger partial charge in [0.15, 0.2) is 6.61 Å². The molecule has 8 heteroatoms. The van der Waals surface area contributed by atoms with Gasteiger partial charge >= 0.3 is 11.9 Å². The van der Waals surface area contributed by atoms with Gasteiger partial charge in [-0.15, -0.1) is 0 Å². The lowest BCUT2D eigenvalue weighted by Gasteiger charge is -2.09. The second-order valence-corrected chi connectivity index (χ2v) is 6.23. The van der Waals surface area contributed by atoms with Gasteiger partial charge in [-0.2, -0.15) is 0 Å². The average molecular weight is 415 g/mol. The van der Waals surface area contributed by atoms with Crippen LogP contribution in [0.1, 0.15) is 29.3 Å². The van der Waals surface area contributed by atoms with Crippen molar-refractivity contribution in [2.75, 3.05) is 32.8 Å². The molecule has 2 aromatic carbocycles. The molecule has 0 aliphatic rings. The fourth-order valence-electron chi connectivity index (χ4n) is 2.58. The van der Waals surface area contributed by atoms with E-state index in [1.54, 1.807) is 51.5 Å². The number of aryl methyl sites for hydroxylation is 1. The molecule has 8 nitrogen and oxygen atoms in total. The number of ether oxygens (including phenoxy) is 4. The molecule has 0 radical (unpaired) electrons. The Labute approximate surface area is 175 Å². The Morgan fingerprint density at radius 3 is 2.10 bits per heavy atom. The molecule has 30 heavy (non-hydrogen) atoms. The number of benzene rings is 2. The lowest BCUT2D eigenvalue weighted by molar-refractivity contribution is -0.147. The van der Waals surface area contributed by atoms with E-state index in [2.05, 4.69) is 5.32 Å². The van der Waals surface area contributed by atoms with Gasteiger partial charge in [0.25, 0.3) is 5.91 Å². The molecule has 0 unspecified atom stereocenters. The Morgan fingerprint density at radius 1 is 0.900 bits per heavy atom. The Balaban J connectivity index is 1.78. The van der Waals surface area contributed by atoms with Crippen LogP contribution in [0, 0.1) is 0 Å². The van der Waals surface area contributed by atoms with Crippen molar-refractivity contribution >= 4 is 23.5 Å². The number of methoxy groups -OCH3 is 2. The van der Waals surface area contributed by atoms with Crippen molar-refractivity contribution in [1.29, 1.82) is 0 Å². The molecule has 0 bridgehead atoms. The van der Waals surface area contributed by atoms with Crippen LogP contribution in [0.15, 0.2) is 42.5 Å². The second kappa shape index (κ2) is 11.5. The predicted molar refractivity (Wildman–Crippen MR) is 110 cm³/mol. The maximum atomic E-state index is 12.0. The van der Waals surface area contributed by atoms with Crippen molar-refractivity contribution in [1.82, 2.24) is 0 Å². The molecule has 2 rings (SSSR count). The van der Waals surface area contributed by atoms with Crippen molar-refractivity contribution in [3.8, 4) is 11.5 Å². The number of esters is 2. The SMILES string of the molecule is CCOC(=O)c1ccc(NC(=O)COC(=O)CCc2cc(OC)cc(OC)c2)cc1. The summed E-state index contributed by atoms with van der Waals surface area (Å²) < 4.78 is 20.3. The van der Waals surface area contributed by atoms with E-state index < -0.39 is 24.5 Å². The van der Waals surface area contributed by atoms with Gasteiger partial charge in [0, 0.05) is 18.2 Å². The lowest BCUT2D eigenvalue weighted by Crippen LogP contribution is -2.21. The summed E-state index contributed by atoms with van der Waals surface area (Å²) in [5.74, 6) is -0.144. The number of rotatable bonds is 10. The van der Waals surface area contributed by atoms with Crippen molar-refractivity contribution in [2.24, 2.45) is 0 Å². The molecule has 160 valence electrons. The summed E-state index contributed by atoms with van der Waals surface area (Å²) in [6.07, 6.45) is 0.529. The Hall–Kier alpha value is -3.55. The van der Waals surface area contributed by atoms with Crippen LogP contribution in [0.3, 0.4) is 0 Å². The third-order valence-electron chi connectivity index (χ3n) is 4.07. The van der Waals surface area contributed by atoms with Gasteiger partial charge in [0.05, 0.1) is 26.4 Å². The zero-order valence-electron chi connectivity index (χ0n) is 17.2. The monoisotopic (exact) mass is 415 g/mol. The summed E-state index contributed by atoms with van der Waals surface area (Å²) in [5, 5.41) is 2.60. The topological polar surface area (TPSA) is 100 Å². The summed E-state index contributed by atoms with van der Waals surface area (Å²) in [4.78, 5) is 35.5. The largest absolute Gasteiger partial charge is 0.497 e. The van der Waals surface area contributed by atoms with Gasteiger partial charge < -0.3 is 24.3 Å². The minimum atomic E-state index is -0.496. The van der Waals surface area contributed by atoms with Gasteiger partial charge in [0.2, 0.25) is 0 Å². The molecular weight excluding hydrogens is 390 g/mol. The Kier molecular flexibility index (Phi) is 8.68. The number of hydrogen-bond acceptors (Lipinski definition) is 7. The van der Waals surface area contributed by atoms with Crippen molar-refractivity contribution in [3.05, 3.63) is 53.6 Å². The summed E-state index contributed by atoms with van der Waals surface area (Å²) >= 11 is 0. The third-order valence-corrected chi connectivity index (χ3v) is 4.07. The Morgan fingerprint density at radius 2 is 1.53 bits per heavy atom. The van der Waals surface area contributed by atoms with Gasteiger partial charge in [-0.25, -0.2) is 4.79 Å². The predicted octanol–water partition coefficient (Wildman–Crippen LogP) is 3.00. The maximum absolute atomic E-state index is 12.0. The standard InChI is InChI=1S/C22H25NO7/c1-4-29-22(26)16-6-8-17(9-7-16)23-20(24)14-30-21(25)10-5-15-11-18(27-2)13-19(12-15)28-3/h6-9,11-13H,4-5,10,14H2,1-3H3,(H,23,24). The van der Waals surface area contributed by atoms with Crippen molar-refractivity contribution < 1.29 is 33.3 Å². The zero-order chi connectivity index (χ0) is 21.9. The van der Waals surface area contributed by atoms with Crippen LogP contribution in [-0.2, 0) is 25.5 Å². The normalized spacial score (nSPS) is 10.1. The highest BCUT2D eigenvalue weighted by Gasteiger charge is 2.11. The molecule has 0 aliphatic carbocycles. The number of carbonyl (C=O) groups excluding carboxylic acids is 3. The van der Waals surface area contributed by atoms with Crippen LogP contribution < -0.4 is 14.8 Å². The van der Waals surface area contributed by atoms with Crippen LogP contribution in [0.2, 0.25) is 0 Å². The van der Waals surface area contributed by atoms with Crippen LogP contribution in [0.5, 0.6) is 11.5 Å². The van der Waals surface area contributed by atoms with Crippen LogP contribution in [-0.4, -0.2) is 45.3 Å². The summed E-state index contributed by atoms with van der Waals surface area (Å²) in [6, 6.07) is 11.6. The van der Waals surface area contributed by atoms with Gasteiger partial charge in [-0.1, -0.05) is 0 Å². The summed E-state index contributed by atoms with van der Waals surface area (Å²) in [5.41, 5.74) is 1.72. The van der Waals surface area contributed by atoms with E-state index in [4.69, 9.17) is 18.9 Å². The molecule has 2 aromatic rings. The minimum Gasteiger partial charge on any atom is -0.497 e. The molecule has 0 aromatic heterocycles. The first-order valence-corrected chi connectivity index (χ1v) is 9.39. The number of nitrogens with one attached hydrogen (secondary N) is 1. The van der Waals surface area contributed by atoms with E-state index >= 15 is 0 Å². The average Bonchev–Trinajstić information content (AvgIpc) is 2.76. The van der Waals surface area contributed by atoms with Crippen molar-refractivity contribution in [3.63, 3.8) is 0 Å². The van der Waals surface area contributed by atoms with Crippen molar-refractivity contribution in [2.45, 2.75) is 19.8 Å². The second-order valence-electron chi connectivity index (χ2n) is 6.23. The van der Waals surface area contributed by atoms with E-state index in [9.17, 15) is 14.4 Å². The van der Waals surface area contributed by atoms with Gasteiger partial charge in [0.1, 0.15) is 11.5 Å². The van der Waals surface area contributed by atoms with Gasteiger partial charge in [-0.05, 0) is 55.3 Å². The molecule has 0 atom stereocenters. The molecule has 0 aliphatic heterocycles. The summed E-state index contributed by atoms with van der Waals surface area (Å²) in [7, 11) is 3.10. The molecule has 0 saturated carbocycles. The molecule has 0 spiro atoms. The molecule has 0 heterocycles. The Bertz CT molecular complexity index is 855. The number of carbonyl (C=O) groups is 3. The molecule has 0 fully saturated rings. The van der Waals surface area contributed by atoms with E-state index in [0.717, 1.165) is 5.56 Å². The fraction of sp³-hybridized carbons (Fsp3) is 0.318. The highest BCUT2D eigenvalue weighted by Crippen LogP contribution is 2.23. The first-order chi connectivity index (χ1) is 14.4. The van der Waals surface area contributed by atoms with E-state index in [-0.39, 0.29) is 13.0 Å². The van der Waals surface area contributed by atoms with Crippen LogP contribution in [0.25, 0.3) is 0 Å². The maximum Gasteiger partial charge on any atom is 0.338 e. The number of anilines is 1. The van der Waals surface area contributed by atoms with E-state index in [0.29, 0.717) is 29.2 Å². The van der Waals surface area contributed by atoms with E-state index in [1.165, 1.54) is 0 Å². The highest BCUT2D eigenvalue weighted by atomic mass is 16.5. The minimum absolute atomic E-state index is 0.109. The highest BCUT2D eigenvalue weighted by molar-refractivity contribution is 5.94. The first kappa shape index (κ1) is 22.7. The molecule has 0 saturated heterocycles. The number of amides is 1.